The zero-order chi connectivity index (χ0) is 18.0. The topological polar surface area (TPSA) is 76.7 Å². The molecule has 1 heterocycles. The smallest absolute Gasteiger partial charge is 0.243 e. The summed E-state index contributed by atoms with van der Waals surface area (Å²) >= 11 is 3.44. The second kappa shape index (κ2) is 7.14. The van der Waals surface area contributed by atoms with Crippen molar-refractivity contribution in [1.82, 2.24) is 0 Å². The number of halogens is 1. The van der Waals surface area contributed by atoms with Gasteiger partial charge in [-0.2, -0.15) is 0 Å². The summed E-state index contributed by atoms with van der Waals surface area (Å²) in [5.41, 5.74) is 2.71. The maximum atomic E-state index is 12.2. The number of rotatable bonds is 5. The molecule has 130 valence electrons. The maximum absolute atomic E-state index is 12.2. The lowest BCUT2D eigenvalue weighted by Crippen LogP contribution is -2.22. The molecule has 0 aromatic heterocycles. The number of benzene rings is 2. The molecule has 2 aromatic rings. The fraction of sp³-hybridized carbons (Fsp3) is 0.222. The van der Waals surface area contributed by atoms with Crippen LogP contribution < -0.4 is 20.1 Å². The van der Waals surface area contributed by atoms with E-state index in [0.717, 1.165) is 15.7 Å². The van der Waals surface area contributed by atoms with Gasteiger partial charge in [0, 0.05) is 21.8 Å². The first-order chi connectivity index (χ1) is 11.9. The van der Waals surface area contributed by atoms with Gasteiger partial charge in [-0.1, -0.05) is 15.9 Å². The Bertz CT molecular complexity index is 851. The molecule has 0 atom stereocenters. The van der Waals surface area contributed by atoms with Crippen molar-refractivity contribution >= 4 is 39.0 Å². The van der Waals surface area contributed by atoms with Crippen LogP contribution in [0.5, 0.6) is 11.5 Å². The Balaban J connectivity index is 1.70. The van der Waals surface area contributed by atoms with Crippen LogP contribution in [-0.2, 0) is 4.79 Å². The van der Waals surface area contributed by atoms with Crippen molar-refractivity contribution in [1.29, 1.82) is 0 Å². The van der Waals surface area contributed by atoms with E-state index < -0.39 is 0 Å². The Morgan fingerprint density at radius 2 is 1.88 bits per heavy atom. The number of Topliss-reactive ketones (excluding diaryl/α,β-unsaturated/α-hetero) is 1. The third kappa shape index (κ3) is 3.93. The average Bonchev–Trinajstić information content (AvgIpc) is 3.02. The van der Waals surface area contributed by atoms with Gasteiger partial charge in [-0.25, -0.2) is 0 Å². The molecule has 1 amide bonds. The number of nitrogens with one attached hydrogen (secondary N) is 2. The predicted octanol–water partition coefficient (Wildman–Crippen LogP) is 3.74. The second-order valence-electron chi connectivity index (χ2n) is 5.67. The molecule has 25 heavy (non-hydrogen) atoms. The van der Waals surface area contributed by atoms with E-state index in [9.17, 15) is 9.59 Å². The van der Waals surface area contributed by atoms with Gasteiger partial charge in [-0.15, -0.1) is 0 Å². The van der Waals surface area contributed by atoms with Crippen LogP contribution in [0.1, 0.15) is 22.8 Å². The highest BCUT2D eigenvalue weighted by atomic mass is 79.9. The first-order valence-corrected chi connectivity index (χ1v) is 8.48. The third-order valence-electron chi connectivity index (χ3n) is 3.78. The number of aryl methyl sites for hydroxylation is 1. The zero-order valence-electron chi connectivity index (χ0n) is 13.8. The summed E-state index contributed by atoms with van der Waals surface area (Å²) in [6.45, 7) is 3.60. The van der Waals surface area contributed by atoms with Crippen LogP contribution in [0.4, 0.5) is 11.4 Å². The fourth-order valence-electron chi connectivity index (χ4n) is 2.47. The summed E-state index contributed by atoms with van der Waals surface area (Å²) < 4.78 is 11.6. The van der Waals surface area contributed by atoms with Gasteiger partial charge in [-0.05, 0) is 43.7 Å². The van der Waals surface area contributed by atoms with E-state index in [4.69, 9.17) is 9.47 Å². The summed E-state index contributed by atoms with van der Waals surface area (Å²) in [5, 5.41) is 5.81. The highest BCUT2D eigenvalue weighted by molar-refractivity contribution is 9.10. The van der Waals surface area contributed by atoms with Crippen molar-refractivity contribution < 1.29 is 19.1 Å². The quantitative estimate of drug-likeness (QED) is 0.742. The van der Waals surface area contributed by atoms with E-state index in [1.807, 2.05) is 25.1 Å². The lowest BCUT2D eigenvalue weighted by atomic mass is 10.1. The molecule has 2 N–H and O–H groups in total. The van der Waals surface area contributed by atoms with Crippen LogP contribution in [0.2, 0.25) is 0 Å². The molecule has 0 fully saturated rings. The summed E-state index contributed by atoms with van der Waals surface area (Å²) in [4.78, 5) is 24.1. The van der Waals surface area contributed by atoms with Crippen molar-refractivity contribution in [3.8, 4) is 11.5 Å². The molecule has 0 radical (unpaired) electrons. The van der Waals surface area contributed by atoms with E-state index in [2.05, 4.69) is 26.6 Å². The van der Waals surface area contributed by atoms with E-state index in [0.29, 0.717) is 22.7 Å². The molecule has 0 saturated carbocycles. The highest BCUT2D eigenvalue weighted by Gasteiger charge is 2.20. The van der Waals surface area contributed by atoms with Gasteiger partial charge in [0.05, 0.1) is 12.2 Å². The van der Waals surface area contributed by atoms with Crippen molar-refractivity contribution in [3.05, 3.63) is 45.9 Å². The summed E-state index contributed by atoms with van der Waals surface area (Å²) in [6.07, 6.45) is 0. The molecule has 7 heteroatoms. The van der Waals surface area contributed by atoms with Crippen LogP contribution in [0.25, 0.3) is 0 Å². The summed E-state index contributed by atoms with van der Waals surface area (Å²) in [7, 11) is 0. The van der Waals surface area contributed by atoms with Crippen molar-refractivity contribution in [2.45, 2.75) is 13.8 Å². The van der Waals surface area contributed by atoms with E-state index in [1.54, 1.807) is 12.1 Å². The molecular formula is C18H17BrN2O4. The minimum absolute atomic E-state index is 0.0762. The Hall–Kier alpha value is -2.54. The number of ketones is 1. The lowest BCUT2D eigenvalue weighted by molar-refractivity contribution is -0.114. The van der Waals surface area contributed by atoms with Crippen molar-refractivity contribution in [2.75, 3.05) is 24.0 Å². The number of fused-ring (bicyclic) bond motifs is 1. The van der Waals surface area contributed by atoms with Gasteiger partial charge in [-0.3, -0.25) is 9.59 Å². The molecule has 0 aliphatic carbocycles. The first-order valence-electron chi connectivity index (χ1n) is 7.68. The molecule has 3 rings (SSSR count). The SMILES string of the molecule is CC(=O)c1cc2c(cc1NC(=O)CNc1ccc(Br)c(C)c1)OCO2. The maximum Gasteiger partial charge on any atom is 0.243 e. The number of hydrogen-bond donors (Lipinski definition) is 2. The Morgan fingerprint density at radius 3 is 2.56 bits per heavy atom. The van der Waals surface area contributed by atoms with Gasteiger partial charge >= 0.3 is 0 Å². The van der Waals surface area contributed by atoms with Crippen LogP contribution in [0.3, 0.4) is 0 Å². The van der Waals surface area contributed by atoms with Gasteiger partial charge in [0.1, 0.15) is 0 Å². The molecule has 2 aromatic carbocycles. The number of ether oxygens (including phenoxy) is 2. The molecule has 0 spiro atoms. The average molecular weight is 405 g/mol. The minimum atomic E-state index is -0.262. The third-order valence-corrected chi connectivity index (χ3v) is 4.67. The highest BCUT2D eigenvalue weighted by Crippen LogP contribution is 2.37. The zero-order valence-corrected chi connectivity index (χ0v) is 15.4. The first kappa shape index (κ1) is 17.3. The van der Waals surface area contributed by atoms with Gasteiger partial charge in [0.25, 0.3) is 0 Å². The van der Waals surface area contributed by atoms with Gasteiger partial charge < -0.3 is 20.1 Å². The second-order valence-corrected chi connectivity index (χ2v) is 6.53. The Kier molecular flexibility index (Phi) is 4.94. The van der Waals surface area contributed by atoms with Crippen molar-refractivity contribution in [2.24, 2.45) is 0 Å². The van der Waals surface area contributed by atoms with E-state index >= 15 is 0 Å². The van der Waals surface area contributed by atoms with Crippen LogP contribution in [0.15, 0.2) is 34.8 Å². The molecule has 0 saturated heterocycles. The fourth-order valence-corrected chi connectivity index (χ4v) is 2.71. The van der Waals surface area contributed by atoms with E-state index in [1.165, 1.54) is 6.92 Å². The van der Waals surface area contributed by atoms with Gasteiger partial charge in [0.2, 0.25) is 12.7 Å². The minimum Gasteiger partial charge on any atom is -0.454 e. The molecular weight excluding hydrogens is 388 g/mol. The van der Waals surface area contributed by atoms with Crippen LogP contribution in [0, 0.1) is 6.92 Å². The number of anilines is 2. The predicted molar refractivity (Wildman–Crippen MR) is 98.6 cm³/mol. The molecule has 6 nitrogen and oxygen atoms in total. The normalized spacial score (nSPS) is 12.0. The number of carbonyl (C=O) groups excluding carboxylic acids is 2. The molecule has 0 bridgehead atoms. The molecule has 1 aliphatic rings. The molecule has 1 aliphatic heterocycles. The summed E-state index contributed by atoms with van der Waals surface area (Å²) in [6, 6.07) is 8.94. The van der Waals surface area contributed by atoms with Crippen LogP contribution in [-0.4, -0.2) is 25.0 Å². The standard InChI is InChI=1S/C18H17BrN2O4/c1-10-5-12(3-4-14(10)19)20-8-18(23)21-15-7-17-16(24-9-25-17)6-13(15)11(2)22/h3-7,20H,8-9H2,1-2H3,(H,21,23). The number of amides is 1. The molecule has 0 unspecified atom stereocenters. The Labute approximate surface area is 153 Å². The Morgan fingerprint density at radius 1 is 1.16 bits per heavy atom. The monoisotopic (exact) mass is 404 g/mol. The van der Waals surface area contributed by atoms with Crippen molar-refractivity contribution in [3.63, 3.8) is 0 Å². The largest absolute Gasteiger partial charge is 0.454 e. The van der Waals surface area contributed by atoms with Gasteiger partial charge in [0.15, 0.2) is 17.3 Å². The summed E-state index contributed by atoms with van der Waals surface area (Å²) in [5.74, 6) is 0.593. The van der Waals surface area contributed by atoms with E-state index in [-0.39, 0.29) is 25.0 Å². The number of carbonyl (C=O) groups is 2. The lowest BCUT2D eigenvalue weighted by Gasteiger charge is -2.12. The van der Waals surface area contributed by atoms with Crippen LogP contribution >= 0.6 is 15.9 Å². The number of hydrogen-bond acceptors (Lipinski definition) is 5.